The van der Waals surface area contributed by atoms with Crippen LogP contribution < -0.4 is 0 Å². The number of carbonyl (C=O) groups excluding carboxylic acids is 1. The van der Waals surface area contributed by atoms with E-state index in [2.05, 4.69) is 4.74 Å². The molecule has 0 spiro atoms. The molecule has 15 heavy (non-hydrogen) atoms. The van der Waals surface area contributed by atoms with Crippen LogP contribution in [-0.4, -0.2) is 42.3 Å². The number of hydrogen-bond acceptors (Lipinski definition) is 3. The molecule has 1 heterocycles. The Labute approximate surface area is 89.0 Å². The highest BCUT2D eigenvalue weighted by molar-refractivity contribution is 5.74. The second-order valence-corrected chi connectivity index (χ2v) is 4.23. The lowest BCUT2D eigenvalue weighted by molar-refractivity contribution is -0.142. The third-order valence-corrected chi connectivity index (χ3v) is 2.97. The van der Waals surface area contributed by atoms with Crippen LogP contribution in [0.2, 0.25) is 0 Å². The van der Waals surface area contributed by atoms with Crippen LogP contribution >= 0.6 is 0 Å². The second kappa shape index (κ2) is 4.51. The summed E-state index contributed by atoms with van der Waals surface area (Å²) >= 11 is 0. The van der Waals surface area contributed by atoms with Gasteiger partial charge in [-0.05, 0) is 11.8 Å². The number of likely N-dealkylation sites (tertiary alicyclic amines) is 1. The molecule has 5 nitrogen and oxygen atoms in total. The standard InChI is InChI=1S/C10H17NO4/c1-6(2)7-4-11(10(14)15-3)5-8(7)9(12)13/h6-8H,4-5H2,1-3H3,(H,12,13). The van der Waals surface area contributed by atoms with E-state index < -0.39 is 18.0 Å². The van der Waals surface area contributed by atoms with Crippen LogP contribution in [0.3, 0.4) is 0 Å². The zero-order valence-electron chi connectivity index (χ0n) is 9.27. The quantitative estimate of drug-likeness (QED) is 0.747. The van der Waals surface area contributed by atoms with Gasteiger partial charge in [-0.15, -0.1) is 0 Å². The Bertz CT molecular complexity index is 264. The Morgan fingerprint density at radius 1 is 1.40 bits per heavy atom. The van der Waals surface area contributed by atoms with Gasteiger partial charge in [0.05, 0.1) is 13.0 Å². The first-order valence-corrected chi connectivity index (χ1v) is 5.03. The molecule has 0 aromatic heterocycles. The SMILES string of the molecule is COC(=O)N1CC(C(=O)O)C(C(C)C)C1. The number of amides is 1. The van der Waals surface area contributed by atoms with Crippen molar-refractivity contribution in [1.29, 1.82) is 0 Å². The molecule has 0 aromatic carbocycles. The number of hydrogen-bond donors (Lipinski definition) is 1. The van der Waals surface area contributed by atoms with Crippen molar-refractivity contribution in [3.63, 3.8) is 0 Å². The Kier molecular flexibility index (Phi) is 3.55. The molecule has 1 aliphatic heterocycles. The number of rotatable bonds is 2. The van der Waals surface area contributed by atoms with Gasteiger partial charge in [0.2, 0.25) is 0 Å². The highest BCUT2D eigenvalue weighted by atomic mass is 16.5. The molecule has 2 atom stereocenters. The van der Waals surface area contributed by atoms with E-state index in [0.717, 1.165) is 0 Å². The number of nitrogens with zero attached hydrogens (tertiary/aromatic N) is 1. The van der Waals surface area contributed by atoms with Crippen molar-refractivity contribution >= 4 is 12.1 Å². The molecule has 1 N–H and O–H groups in total. The highest BCUT2D eigenvalue weighted by Gasteiger charge is 2.41. The molecule has 2 unspecified atom stereocenters. The molecule has 0 aliphatic carbocycles. The number of methoxy groups -OCH3 is 1. The Morgan fingerprint density at radius 2 is 2.00 bits per heavy atom. The molecule has 0 radical (unpaired) electrons. The van der Waals surface area contributed by atoms with Gasteiger partial charge in [0, 0.05) is 13.1 Å². The van der Waals surface area contributed by atoms with Crippen molar-refractivity contribution in [2.75, 3.05) is 20.2 Å². The van der Waals surface area contributed by atoms with Gasteiger partial charge in [0.15, 0.2) is 0 Å². The van der Waals surface area contributed by atoms with Crippen LogP contribution in [0.5, 0.6) is 0 Å². The Balaban J connectivity index is 2.73. The molecular weight excluding hydrogens is 198 g/mol. The minimum absolute atomic E-state index is 0.0154. The lowest BCUT2D eigenvalue weighted by Gasteiger charge is -2.18. The number of aliphatic carboxylic acids is 1. The number of carboxylic acid groups (broad SMARTS) is 1. The summed E-state index contributed by atoms with van der Waals surface area (Å²) in [6.07, 6.45) is -0.440. The number of ether oxygens (including phenoxy) is 1. The van der Waals surface area contributed by atoms with Gasteiger partial charge in [-0.1, -0.05) is 13.8 Å². The zero-order valence-corrected chi connectivity index (χ0v) is 9.27. The summed E-state index contributed by atoms with van der Waals surface area (Å²) in [5.41, 5.74) is 0. The van der Waals surface area contributed by atoms with Gasteiger partial charge in [0.1, 0.15) is 0 Å². The maximum atomic E-state index is 11.3. The van der Waals surface area contributed by atoms with Crippen molar-refractivity contribution in [3.8, 4) is 0 Å². The number of carbonyl (C=O) groups is 2. The summed E-state index contributed by atoms with van der Waals surface area (Å²) in [5.74, 6) is -1.04. The molecule has 1 amide bonds. The van der Waals surface area contributed by atoms with Crippen molar-refractivity contribution in [1.82, 2.24) is 4.90 Å². The zero-order chi connectivity index (χ0) is 11.6. The van der Waals surface area contributed by atoms with Gasteiger partial charge in [0.25, 0.3) is 0 Å². The van der Waals surface area contributed by atoms with Crippen LogP contribution in [0.15, 0.2) is 0 Å². The predicted molar refractivity (Wildman–Crippen MR) is 53.4 cm³/mol. The van der Waals surface area contributed by atoms with E-state index in [1.165, 1.54) is 12.0 Å². The predicted octanol–water partition coefficient (Wildman–Crippen LogP) is 1.04. The first kappa shape index (κ1) is 11.8. The first-order valence-electron chi connectivity index (χ1n) is 5.03. The fraction of sp³-hybridized carbons (Fsp3) is 0.800. The minimum atomic E-state index is -0.833. The fourth-order valence-corrected chi connectivity index (χ4v) is 2.04. The van der Waals surface area contributed by atoms with E-state index in [9.17, 15) is 9.59 Å². The smallest absolute Gasteiger partial charge is 0.409 e. The third kappa shape index (κ3) is 2.40. The lowest BCUT2D eigenvalue weighted by Crippen LogP contribution is -2.29. The minimum Gasteiger partial charge on any atom is -0.481 e. The van der Waals surface area contributed by atoms with Crippen molar-refractivity contribution in [3.05, 3.63) is 0 Å². The monoisotopic (exact) mass is 215 g/mol. The van der Waals surface area contributed by atoms with Crippen molar-refractivity contribution < 1.29 is 19.4 Å². The molecule has 1 rings (SSSR count). The molecular formula is C10H17NO4. The number of carboxylic acids is 1. The van der Waals surface area contributed by atoms with Crippen LogP contribution in [0.4, 0.5) is 4.79 Å². The van der Waals surface area contributed by atoms with E-state index in [1.54, 1.807) is 0 Å². The van der Waals surface area contributed by atoms with E-state index in [-0.39, 0.29) is 18.4 Å². The van der Waals surface area contributed by atoms with Gasteiger partial charge in [-0.25, -0.2) is 4.79 Å². The molecule has 86 valence electrons. The average Bonchev–Trinajstić information content (AvgIpc) is 2.61. The molecule has 0 bridgehead atoms. The fourth-order valence-electron chi connectivity index (χ4n) is 2.04. The molecule has 0 saturated carbocycles. The van der Waals surface area contributed by atoms with E-state index in [4.69, 9.17) is 5.11 Å². The van der Waals surface area contributed by atoms with E-state index in [1.807, 2.05) is 13.8 Å². The first-order chi connectivity index (χ1) is 6.97. The van der Waals surface area contributed by atoms with Crippen LogP contribution in [0, 0.1) is 17.8 Å². The Hall–Kier alpha value is -1.26. The van der Waals surface area contributed by atoms with Crippen LogP contribution in [-0.2, 0) is 9.53 Å². The lowest BCUT2D eigenvalue weighted by atomic mass is 9.86. The highest BCUT2D eigenvalue weighted by Crippen LogP contribution is 2.30. The van der Waals surface area contributed by atoms with Crippen LogP contribution in [0.1, 0.15) is 13.8 Å². The van der Waals surface area contributed by atoms with Crippen molar-refractivity contribution in [2.45, 2.75) is 13.8 Å². The topological polar surface area (TPSA) is 66.8 Å². The van der Waals surface area contributed by atoms with E-state index in [0.29, 0.717) is 6.54 Å². The summed E-state index contributed by atoms with van der Waals surface area (Å²) in [5, 5.41) is 9.03. The maximum Gasteiger partial charge on any atom is 0.409 e. The third-order valence-electron chi connectivity index (χ3n) is 2.97. The van der Waals surface area contributed by atoms with Gasteiger partial charge in [-0.3, -0.25) is 4.79 Å². The van der Waals surface area contributed by atoms with Crippen LogP contribution in [0.25, 0.3) is 0 Å². The summed E-state index contributed by atoms with van der Waals surface area (Å²) < 4.78 is 4.58. The largest absolute Gasteiger partial charge is 0.481 e. The summed E-state index contributed by atoms with van der Waals surface area (Å²) in [6.45, 7) is 4.68. The van der Waals surface area contributed by atoms with Gasteiger partial charge >= 0.3 is 12.1 Å². The molecule has 5 heteroatoms. The summed E-state index contributed by atoms with van der Waals surface area (Å²) in [7, 11) is 1.31. The Morgan fingerprint density at radius 3 is 2.33 bits per heavy atom. The summed E-state index contributed by atoms with van der Waals surface area (Å²) in [4.78, 5) is 23.7. The second-order valence-electron chi connectivity index (χ2n) is 4.23. The molecule has 1 fully saturated rings. The van der Waals surface area contributed by atoms with Crippen molar-refractivity contribution in [2.24, 2.45) is 17.8 Å². The van der Waals surface area contributed by atoms with Gasteiger partial charge in [-0.2, -0.15) is 0 Å². The average molecular weight is 215 g/mol. The normalized spacial score (nSPS) is 25.7. The summed E-state index contributed by atoms with van der Waals surface area (Å²) in [6, 6.07) is 0. The molecule has 0 aromatic rings. The molecule has 1 saturated heterocycles. The van der Waals surface area contributed by atoms with Gasteiger partial charge < -0.3 is 14.7 Å². The molecule has 1 aliphatic rings. The van der Waals surface area contributed by atoms with E-state index >= 15 is 0 Å². The maximum absolute atomic E-state index is 11.3.